The molecule has 2 aliphatic heterocycles. The molecular formula is C20H21N5O3. The normalized spacial score (nSPS) is 25.6. The van der Waals surface area contributed by atoms with Gasteiger partial charge in [-0.15, -0.1) is 0 Å². The van der Waals surface area contributed by atoms with Crippen LogP contribution in [-0.2, 0) is 0 Å². The van der Waals surface area contributed by atoms with Gasteiger partial charge in [0.15, 0.2) is 23.6 Å². The molecule has 8 heteroatoms. The number of nitrogens with zero attached hydrogens (tertiary/aromatic N) is 3. The van der Waals surface area contributed by atoms with Crippen molar-refractivity contribution in [2.75, 3.05) is 18.5 Å². The van der Waals surface area contributed by atoms with Crippen LogP contribution in [0.2, 0.25) is 0 Å². The highest BCUT2D eigenvalue weighted by Gasteiger charge is 2.37. The van der Waals surface area contributed by atoms with Gasteiger partial charge in [-0.2, -0.15) is 0 Å². The van der Waals surface area contributed by atoms with Gasteiger partial charge in [-0.1, -0.05) is 6.92 Å². The van der Waals surface area contributed by atoms with Crippen LogP contribution >= 0.6 is 0 Å². The first-order valence-corrected chi connectivity index (χ1v) is 9.69. The molecule has 3 aliphatic rings. The van der Waals surface area contributed by atoms with Crippen molar-refractivity contribution in [3.8, 4) is 11.5 Å². The molecule has 28 heavy (non-hydrogen) atoms. The van der Waals surface area contributed by atoms with Crippen LogP contribution < -0.4 is 20.5 Å². The number of fused-ring (bicyclic) bond motifs is 4. The average Bonchev–Trinajstić information content (AvgIpc) is 3.13. The Labute approximate surface area is 161 Å². The standard InChI is InChI=1S/C20H21N5O3/c1-10-7-11(10)14-3-4-15(28-14)18-23-19(21)24-20-22-12-8-16-17(9-13(12)25(18)20)27-6-2-5-26-16/h3-4,8-11,18H,2,5-7H2,1H3,(H3,21,22,23,24)/t10-,11+,18-/m1/s1. The maximum Gasteiger partial charge on any atom is 0.212 e. The summed E-state index contributed by atoms with van der Waals surface area (Å²) in [6, 6.07) is 7.92. The van der Waals surface area contributed by atoms with E-state index in [1.54, 1.807) is 0 Å². The van der Waals surface area contributed by atoms with Crippen molar-refractivity contribution in [2.24, 2.45) is 16.6 Å². The summed E-state index contributed by atoms with van der Waals surface area (Å²) < 4.78 is 19.8. The molecule has 1 aromatic carbocycles. The van der Waals surface area contributed by atoms with Crippen LogP contribution in [0.25, 0.3) is 11.0 Å². The lowest BCUT2D eigenvalue weighted by Gasteiger charge is -2.22. The third kappa shape index (κ3) is 2.37. The van der Waals surface area contributed by atoms with Crippen LogP contribution in [0.3, 0.4) is 0 Å². The van der Waals surface area contributed by atoms with Crippen LogP contribution in [0.15, 0.2) is 33.7 Å². The highest BCUT2D eigenvalue weighted by Crippen LogP contribution is 2.48. The maximum atomic E-state index is 6.18. The van der Waals surface area contributed by atoms with Crippen LogP contribution in [0, 0.1) is 5.92 Å². The summed E-state index contributed by atoms with van der Waals surface area (Å²) in [6.45, 7) is 3.51. The Morgan fingerprint density at radius 2 is 1.89 bits per heavy atom. The van der Waals surface area contributed by atoms with Gasteiger partial charge < -0.3 is 19.6 Å². The molecule has 1 saturated carbocycles. The molecular weight excluding hydrogens is 358 g/mol. The van der Waals surface area contributed by atoms with Crippen molar-refractivity contribution in [1.29, 1.82) is 0 Å². The molecule has 144 valence electrons. The van der Waals surface area contributed by atoms with Gasteiger partial charge >= 0.3 is 0 Å². The van der Waals surface area contributed by atoms with Crippen LogP contribution in [0.4, 0.5) is 5.95 Å². The second-order valence-electron chi connectivity index (χ2n) is 7.72. The number of benzene rings is 1. The van der Waals surface area contributed by atoms with Gasteiger partial charge in [0, 0.05) is 24.5 Å². The van der Waals surface area contributed by atoms with Gasteiger partial charge in [-0.3, -0.25) is 9.88 Å². The molecule has 0 radical (unpaired) electrons. The van der Waals surface area contributed by atoms with Gasteiger partial charge in [0.1, 0.15) is 11.5 Å². The minimum Gasteiger partial charge on any atom is -0.489 e. The predicted octanol–water partition coefficient (Wildman–Crippen LogP) is 3.20. The van der Waals surface area contributed by atoms with E-state index in [0.29, 0.717) is 42.7 Å². The molecule has 1 aliphatic carbocycles. The fraction of sp³-hybridized carbons (Fsp3) is 0.400. The van der Waals surface area contributed by atoms with Crippen molar-refractivity contribution >= 4 is 22.9 Å². The van der Waals surface area contributed by atoms with Crippen molar-refractivity contribution in [3.05, 3.63) is 35.8 Å². The Balaban J connectivity index is 1.48. The van der Waals surface area contributed by atoms with E-state index in [2.05, 4.69) is 23.3 Å². The molecule has 3 atom stereocenters. The van der Waals surface area contributed by atoms with E-state index in [1.165, 1.54) is 6.42 Å². The lowest BCUT2D eigenvalue weighted by molar-refractivity contribution is 0.297. The number of guanidine groups is 1. The van der Waals surface area contributed by atoms with E-state index < -0.39 is 6.17 Å². The smallest absolute Gasteiger partial charge is 0.212 e. The Kier molecular flexibility index (Phi) is 3.21. The third-order valence-electron chi connectivity index (χ3n) is 5.68. The molecule has 0 bridgehead atoms. The topological polar surface area (TPSA) is 99.8 Å². The second kappa shape index (κ2) is 5.67. The fourth-order valence-electron chi connectivity index (χ4n) is 4.04. The zero-order chi connectivity index (χ0) is 18.8. The molecule has 4 heterocycles. The highest BCUT2D eigenvalue weighted by atomic mass is 16.5. The zero-order valence-electron chi connectivity index (χ0n) is 15.5. The Bertz CT molecular complexity index is 1110. The van der Waals surface area contributed by atoms with Crippen LogP contribution in [-0.4, -0.2) is 28.7 Å². The number of imidazole rings is 1. The SMILES string of the molecule is C[C@@H]1C[C@@H]1c1ccc([C@@H]2N=C(N)Nc3nc4cc5c(cc4n32)OCCCO5)o1. The quantitative estimate of drug-likeness (QED) is 0.709. The van der Waals surface area contributed by atoms with Crippen LogP contribution in [0.5, 0.6) is 11.5 Å². The lowest BCUT2D eigenvalue weighted by atomic mass is 10.2. The summed E-state index contributed by atoms with van der Waals surface area (Å²) in [6.07, 6.45) is 1.62. The summed E-state index contributed by atoms with van der Waals surface area (Å²) in [5.41, 5.74) is 7.73. The van der Waals surface area contributed by atoms with E-state index >= 15 is 0 Å². The number of aromatic nitrogens is 2. The molecule has 8 nitrogen and oxygen atoms in total. The van der Waals surface area contributed by atoms with Crippen molar-refractivity contribution in [3.63, 3.8) is 0 Å². The molecule has 1 fully saturated rings. The van der Waals surface area contributed by atoms with Gasteiger partial charge in [0.2, 0.25) is 5.95 Å². The van der Waals surface area contributed by atoms with Gasteiger partial charge in [0.05, 0.1) is 24.2 Å². The monoisotopic (exact) mass is 379 g/mol. The number of furan rings is 1. The number of ether oxygens (including phenoxy) is 2. The molecule has 2 aromatic heterocycles. The number of nitrogens with two attached hydrogens (primary N) is 1. The van der Waals surface area contributed by atoms with Crippen molar-refractivity contribution in [2.45, 2.75) is 31.8 Å². The average molecular weight is 379 g/mol. The third-order valence-corrected chi connectivity index (χ3v) is 5.68. The van der Waals surface area contributed by atoms with E-state index in [4.69, 9.17) is 24.6 Å². The minimum atomic E-state index is -0.409. The van der Waals surface area contributed by atoms with Crippen LogP contribution in [0.1, 0.15) is 43.4 Å². The fourth-order valence-corrected chi connectivity index (χ4v) is 4.04. The van der Waals surface area contributed by atoms with Crippen molar-refractivity contribution < 1.29 is 13.9 Å². The minimum absolute atomic E-state index is 0.319. The summed E-state index contributed by atoms with van der Waals surface area (Å²) in [5, 5.41) is 3.06. The predicted molar refractivity (Wildman–Crippen MR) is 104 cm³/mol. The second-order valence-corrected chi connectivity index (χ2v) is 7.72. The Morgan fingerprint density at radius 3 is 2.68 bits per heavy atom. The van der Waals surface area contributed by atoms with Gasteiger partial charge in [-0.05, 0) is 24.5 Å². The first-order valence-electron chi connectivity index (χ1n) is 9.69. The van der Waals surface area contributed by atoms with Gasteiger partial charge in [0.25, 0.3) is 0 Å². The first kappa shape index (κ1) is 15.9. The zero-order valence-corrected chi connectivity index (χ0v) is 15.5. The Morgan fingerprint density at radius 1 is 1.14 bits per heavy atom. The number of rotatable bonds is 2. The van der Waals surface area contributed by atoms with E-state index in [1.807, 2.05) is 22.8 Å². The first-order chi connectivity index (χ1) is 13.7. The summed E-state index contributed by atoms with van der Waals surface area (Å²) >= 11 is 0. The van der Waals surface area contributed by atoms with Gasteiger partial charge in [-0.25, -0.2) is 9.98 Å². The molecule has 0 spiro atoms. The van der Waals surface area contributed by atoms with E-state index in [9.17, 15) is 0 Å². The largest absolute Gasteiger partial charge is 0.489 e. The number of nitrogens with one attached hydrogen (secondary N) is 1. The molecule has 3 N–H and O–H groups in total. The number of anilines is 1. The summed E-state index contributed by atoms with van der Waals surface area (Å²) in [7, 11) is 0. The number of hydrogen-bond acceptors (Lipinski definition) is 7. The molecule has 6 rings (SSSR count). The summed E-state index contributed by atoms with van der Waals surface area (Å²) in [5.74, 6) is 5.35. The number of aliphatic imine (C=N–C) groups is 1. The number of hydrogen-bond donors (Lipinski definition) is 2. The maximum absolute atomic E-state index is 6.18. The molecule has 0 unspecified atom stereocenters. The highest BCUT2D eigenvalue weighted by molar-refractivity contribution is 5.95. The van der Waals surface area contributed by atoms with E-state index in [-0.39, 0.29) is 0 Å². The lowest BCUT2D eigenvalue weighted by Crippen LogP contribution is -2.31. The van der Waals surface area contributed by atoms with Crippen molar-refractivity contribution in [1.82, 2.24) is 9.55 Å². The summed E-state index contributed by atoms with van der Waals surface area (Å²) in [4.78, 5) is 9.30. The van der Waals surface area contributed by atoms with E-state index in [0.717, 1.165) is 34.7 Å². The molecule has 0 saturated heterocycles. The Hall–Kier alpha value is -3.16. The molecule has 3 aromatic rings. The molecule has 0 amide bonds.